The van der Waals surface area contributed by atoms with E-state index in [1.54, 1.807) is 24.3 Å². The molecule has 1 amide bonds. The number of nitrogens with one attached hydrogen (secondary N) is 1. The summed E-state index contributed by atoms with van der Waals surface area (Å²) in [6.45, 7) is 2.48. The van der Waals surface area contributed by atoms with Crippen molar-refractivity contribution in [1.82, 2.24) is 20.1 Å². The van der Waals surface area contributed by atoms with Crippen molar-refractivity contribution in [3.8, 4) is 22.8 Å². The number of hydrogen-bond donors (Lipinski definition) is 2. The number of azide groups is 1. The highest BCUT2D eigenvalue weighted by Crippen LogP contribution is 2.26. The van der Waals surface area contributed by atoms with Crippen molar-refractivity contribution in [1.29, 1.82) is 0 Å². The number of hydrogen-bond acceptors (Lipinski definition) is 11. The second-order valence-electron chi connectivity index (χ2n) is 9.41. The molecule has 2 aromatic heterocycles. The molecule has 0 aliphatic heterocycles. The van der Waals surface area contributed by atoms with E-state index in [4.69, 9.17) is 40.8 Å². The highest BCUT2D eigenvalue weighted by atomic mass is 35.5. The molecule has 0 aliphatic carbocycles. The van der Waals surface area contributed by atoms with E-state index >= 15 is 0 Å². The van der Waals surface area contributed by atoms with Gasteiger partial charge in [0.1, 0.15) is 17.8 Å². The predicted octanol–water partition coefficient (Wildman–Crippen LogP) is 2.67. The van der Waals surface area contributed by atoms with Gasteiger partial charge in [0.05, 0.1) is 64.1 Å². The Labute approximate surface area is 268 Å². The number of ether oxygens (including phenoxy) is 5. The molecular formula is C29H34ClN7O9. The Hall–Kier alpha value is -4.73. The molecule has 1 aromatic carbocycles. The number of nitrogens with zero attached hydrogens (tertiary/aromatic N) is 6. The third-order valence-corrected chi connectivity index (χ3v) is 6.58. The van der Waals surface area contributed by atoms with Crippen LogP contribution in [0.3, 0.4) is 0 Å². The molecule has 0 radical (unpaired) electrons. The number of carbonyl (C=O) groups is 2. The van der Waals surface area contributed by atoms with Gasteiger partial charge in [-0.05, 0) is 22.7 Å². The minimum Gasteiger partial charge on any atom is -0.494 e. The van der Waals surface area contributed by atoms with Gasteiger partial charge in [-0.2, -0.15) is 5.10 Å². The lowest BCUT2D eigenvalue weighted by Crippen LogP contribution is -2.42. The van der Waals surface area contributed by atoms with Crippen LogP contribution in [0.2, 0.25) is 5.15 Å². The zero-order valence-corrected chi connectivity index (χ0v) is 26.0. The molecule has 0 fully saturated rings. The molecule has 3 rings (SSSR count). The van der Waals surface area contributed by atoms with Crippen molar-refractivity contribution in [3.05, 3.63) is 79.7 Å². The second kappa shape index (κ2) is 18.9. The number of pyridine rings is 1. The number of benzene rings is 1. The van der Waals surface area contributed by atoms with Crippen LogP contribution in [0.1, 0.15) is 15.9 Å². The number of carbonyl (C=O) groups excluding carboxylic acids is 1. The first-order chi connectivity index (χ1) is 22.2. The summed E-state index contributed by atoms with van der Waals surface area (Å²) in [6, 6.07) is 8.24. The Morgan fingerprint density at radius 1 is 1.04 bits per heavy atom. The summed E-state index contributed by atoms with van der Waals surface area (Å²) in [7, 11) is 2.96. The molecule has 1 atom stereocenters. The zero-order chi connectivity index (χ0) is 33.3. The van der Waals surface area contributed by atoms with Crippen LogP contribution in [0.4, 0.5) is 0 Å². The quantitative estimate of drug-likeness (QED) is 0.0592. The number of methoxy groups -OCH3 is 1. The fourth-order valence-electron chi connectivity index (χ4n) is 3.99. The molecule has 46 heavy (non-hydrogen) atoms. The Morgan fingerprint density at radius 2 is 1.70 bits per heavy atom. The SMILES string of the molecule is COc1cnn(C)c(=O)c1-c1ccc(C[C@H](NC(=O)c2ccc(OCCOCCOCCOCCN=[N+]=[N-])nc2Cl)C(=O)O)cc1. The van der Waals surface area contributed by atoms with Gasteiger partial charge in [0.15, 0.2) is 5.75 Å². The van der Waals surface area contributed by atoms with Gasteiger partial charge in [-0.25, -0.2) is 14.5 Å². The summed E-state index contributed by atoms with van der Waals surface area (Å²) in [5.41, 5.74) is 9.29. The van der Waals surface area contributed by atoms with Crippen LogP contribution < -0.4 is 20.3 Å². The summed E-state index contributed by atoms with van der Waals surface area (Å²) in [6.07, 6.45) is 1.41. The first-order valence-electron chi connectivity index (χ1n) is 14.0. The van der Waals surface area contributed by atoms with E-state index in [1.807, 2.05) is 0 Å². The van der Waals surface area contributed by atoms with Crippen molar-refractivity contribution < 1.29 is 38.4 Å². The van der Waals surface area contributed by atoms with Gasteiger partial charge in [0.25, 0.3) is 11.5 Å². The molecule has 16 nitrogen and oxygen atoms in total. The Morgan fingerprint density at radius 3 is 2.30 bits per heavy atom. The van der Waals surface area contributed by atoms with E-state index in [1.165, 1.54) is 37.2 Å². The number of aryl methyl sites for hydroxylation is 1. The lowest BCUT2D eigenvalue weighted by Gasteiger charge is -2.16. The van der Waals surface area contributed by atoms with Crippen LogP contribution in [0.15, 0.2) is 52.5 Å². The van der Waals surface area contributed by atoms with Crippen LogP contribution in [-0.4, -0.2) is 97.7 Å². The van der Waals surface area contributed by atoms with Crippen LogP contribution in [0, 0.1) is 0 Å². The third kappa shape index (κ3) is 11.0. The molecule has 17 heteroatoms. The number of aromatic nitrogens is 3. The van der Waals surface area contributed by atoms with Crippen molar-refractivity contribution in [3.63, 3.8) is 0 Å². The van der Waals surface area contributed by atoms with E-state index in [-0.39, 0.29) is 48.3 Å². The van der Waals surface area contributed by atoms with Gasteiger partial charge in [0.2, 0.25) is 5.88 Å². The van der Waals surface area contributed by atoms with E-state index in [9.17, 15) is 19.5 Å². The molecule has 0 saturated heterocycles. The van der Waals surface area contributed by atoms with E-state index < -0.39 is 17.9 Å². The standard InChI is InChI=1S/C29H34ClN7O9/c1-37-28(39)25(23(42-2)18-33-37)20-5-3-19(4-6-20)17-22(29(40)41)34-27(38)21-7-8-24(35-26(21)30)46-16-15-45-14-13-44-12-11-43-10-9-32-36-31/h3-8,18,22H,9-17H2,1-2H3,(H,34,38)(H,40,41)/t22-/m0/s1. The molecule has 0 unspecified atom stereocenters. The monoisotopic (exact) mass is 659 g/mol. The fraction of sp³-hybridized carbons (Fsp3) is 0.414. The van der Waals surface area contributed by atoms with Gasteiger partial charge >= 0.3 is 5.97 Å². The average molecular weight is 660 g/mol. The van der Waals surface area contributed by atoms with Gasteiger partial charge in [-0.1, -0.05) is 41.0 Å². The maximum absolute atomic E-state index is 12.9. The van der Waals surface area contributed by atoms with Crippen molar-refractivity contribution >= 4 is 23.5 Å². The van der Waals surface area contributed by atoms with Gasteiger partial charge < -0.3 is 34.1 Å². The lowest BCUT2D eigenvalue weighted by atomic mass is 10.0. The van der Waals surface area contributed by atoms with E-state index in [0.717, 1.165) is 0 Å². The molecular weight excluding hydrogens is 626 g/mol. The minimum atomic E-state index is -1.27. The smallest absolute Gasteiger partial charge is 0.326 e. The van der Waals surface area contributed by atoms with Crippen molar-refractivity contribution in [2.45, 2.75) is 12.5 Å². The number of carboxylic acid groups (broad SMARTS) is 1. The van der Waals surface area contributed by atoms with E-state index in [0.29, 0.717) is 55.5 Å². The summed E-state index contributed by atoms with van der Waals surface area (Å²) in [4.78, 5) is 44.2. The Bertz CT molecular complexity index is 1560. The molecule has 3 aromatic rings. The lowest BCUT2D eigenvalue weighted by molar-refractivity contribution is -0.139. The van der Waals surface area contributed by atoms with Gasteiger partial charge in [-0.3, -0.25) is 9.59 Å². The molecule has 0 saturated carbocycles. The highest BCUT2D eigenvalue weighted by Gasteiger charge is 2.23. The molecule has 0 bridgehead atoms. The fourth-order valence-corrected chi connectivity index (χ4v) is 4.22. The van der Waals surface area contributed by atoms with Crippen LogP contribution in [-0.2, 0) is 32.5 Å². The maximum atomic E-state index is 12.9. The Balaban J connectivity index is 1.46. The van der Waals surface area contributed by atoms with Crippen LogP contribution >= 0.6 is 11.6 Å². The molecule has 0 spiro atoms. The molecule has 0 aliphatic rings. The van der Waals surface area contributed by atoms with Crippen molar-refractivity contribution in [2.75, 3.05) is 59.9 Å². The summed E-state index contributed by atoms with van der Waals surface area (Å²) < 4.78 is 28.0. The molecule has 246 valence electrons. The summed E-state index contributed by atoms with van der Waals surface area (Å²) >= 11 is 6.21. The number of carboxylic acids is 1. The Kier molecular flexibility index (Phi) is 14.7. The van der Waals surface area contributed by atoms with Gasteiger partial charge in [-0.15, -0.1) is 0 Å². The minimum absolute atomic E-state index is 0.0218. The number of rotatable bonds is 20. The normalized spacial score (nSPS) is 11.4. The first kappa shape index (κ1) is 35.7. The van der Waals surface area contributed by atoms with Crippen molar-refractivity contribution in [2.24, 2.45) is 12.2 Å². The maximum Gasteiger partial charge on any atom is 0.326 e. The second-order valence-corrected chi connectivity index (χ2v) is 9.77. The van der Waals surface area contributed by atoms with Crippen LogP contribution in [0.25, 0.3) is 21.6 Å². The highest BCUT2D eigenvalue weighted by molar-refractivity contribution is 6.32. The number of amides is 1. The van der Waals surface area contributed by atoms with Gasteiger partial charge in [0, 0.05) is 31.0 Å². The third-order valence-electron chi connectivity index (χ3n) is 6.30. The van der Waals surface area contributed by atoms with Crippen LogP contribution in [0.5, 0.6) is 11.6 Å². The summed E-state index contributed by atoms with van der Waals surface area (Å²) in [5.74, 6) is -1.49. The molecule has 2 N–H and O–H groups in total. The first-order valence-corrected chi connectivity index (χ1v) is 14.4. The van der Waals surface area contributed by atoms with E-state index in [2.05, 4.69) is 25.4 Å². The molecule has 2 heterocycles. The summed E-state index contributed by atoms with van der Waals surface area (Å²) in [5, 5.41) is 19.4. The zero-order valence-electron chi connectivity index (χ0n) is 25.3. The number of aliphatic carboxylic acids is 1. The predicted molar refractivity (Wildman–Crippen MR) is 165 cm³/mol. The topological polar surface area (TPSA) is 209 Å². The largest absolute Gasteiger partial charge is 0.494 e. The average Bonchev–Trinajstić information content (AvgIpc) is 3.04. The number of halogens is 1.